The standard InChI is InChI=1S/C11H10ClNO2/c1-6-4-7(2)13-8(3)10(6)9(5-14)11(12)15/h4H,1-3H3. The maximum atomic E-state index is 11.0. The van der Waals surface area contributed by atoms with Crippen molar-refractivity contribution in [2.75, 3.05) is 0 Å². The Morgan fingerprint density at radius 3 is 2.40 bits per heavy atom. The van der Waals surface area contributed by atoms with Gasteiger partial charge in [-0.2, -0.15) is 0 Å². The number of aromatic nitrogens is 1. The van der Waals surface area contributed by atoms with Gasteiger partial charge in [-0.1, -0.05) is 0 Å². The third-order valence-corrected chi connectivity index (χ3v) is 2.26. The topological polar surface area (TPSA) is 47.0 Å². The first-order valence-electron chi connectivity index (χ1n) is 4.37. The third kappa shape index (κ3) is 2.32. The van der Waals surface area contributed by atoms with Crippen LogP contribution in [0.4, 0.5) is 0 Å². The number of pyridine rings is 1. The molecule has 0 saturated heterocycles. The van der Waals surface area contributed by atoms with Crippen molar-refractivity contribution in [2.24, 2.45) is 0 Å². The Hall–Kier alpha value is -1.44. The molecule has 0 radical (unpaired) electrons. The third-order valence-electron chi connectivity index (χ3n) is 2.07. The van der Waals surface area contributed by atoms with E-state index in [4.69, 9.17) is 11.6 Å². The molecule has 0 N–H and O–H groups in total. The minimum Gasteiger partial charge on any atom is -0.275 e. The number of carbonyl (C=O) groups is 1. The molecule has 15 heavy (non-hydrogen) atoms. The monoisotopic (exact) mass is 223 g/mol. The van der Waals surface area contributed by atoms with Crippen LogP contribution in [0.2, 0.25) is 0 Å². The first-order chi connectivity index (χ1) is 6.97. The maximum Gasteiger partial charge on any atom is 0.264 e. The largest absolute Gasteiger partial charge is 0.275 e. The summed E-state index contributed by atoms with van der Waals surface area (Å²) < 4.78 is 0. The van der Waals surface area contributed by atoms with Crippen LogP contribution in [0.25, 0.3) is 5.57 Å². The van der Waals surface area contributed by atoms with Crippen molar-refractivity contribution in [3.63, 3.8) is 0 Å². The molecule has 4 heteroatoms. The fourth-order valence-electron chi connectivity index (χ4n) is 1.59. The van der Waals surface area contributed by atoms with Crippen molar-refractivity contribution in [2.45, 2.75) is 20.8 Å². The fourth-order valence-corrected chi connectivity index (χ4v) is 1.72. The van der Waals surface area contributed by atoms with Crippen LogP contribution in [0, 0.1) is 20.8 Å². The van der Waals surface area contributed by atoms with Crippen LogP contribution in [0.3, 0.4) is 0 Å². The predicted molar refractivity (Wildman–Crippen MR) is 58.4 cm³/mol. The van der Waals surface area contributed by atoms with Gasteiger partial charge in [-0.15, -0.1) is 0 Å². The zero-order valence-electron chi connectivity index (χ0n) is 8.72. The molecule has 78 valence electrons. The molecule has 0 atom stereocenters. The quantitative estimate of drug-likeness (QED) is 0.438. The second kappa shape index (κ2) is 4.39. The molecule has 0 fully saturated rings. The second-order valence-electron chi connectivity index (χ2n) is 3.29. The molecule has 0 saturated carbocycles. The van der Waals surface area contributed by atoms with E-state index in [-0.39, 0.29) is 5.57 Å². The molecule has 3 nitrogen and oxygen atoms in total. The number of allylic oxidation sites excluding steroid dienone is 1. The van der Waals surface area contributed by atoms with Gasteiger partial charge in [-0.05, 0) is 44.0 Å². The molecular formula is C11H10ClNO2. The van der Waals surface area contributed by atoms with Crippen LogP contribution in [0.5, 0.6) is 0 Å². The molecule has 0 unspecified atom stereocenters. The Morgan fingerprint density at radius 2 is 2.00 bits per heavy atom. The first-order valence-corrected chi connectivity index (χ1v) is 4.75. The number of hydrogen-bond acceptors (Lipinski definition) is 3. The first kappa shape index (κ1) is 11.6. The van der Waals surface area contributed by atoms with E-state index in [2.05, 4.69) is 4.98 Å². The summed E-state index contributed by atoms with van der Waals surface area (Å²) in [6.45, 7) is 5.37. The van der Waals surface area contributed by atoms with E-state index in [1.54, 1.807) is 25.9 Å². The Kier molecular flexibility index (Phi) is 3.40. The van der Waals surface area contributed by atoms with Crippen molar-refractivity contribution in [1.82, 2.24) is 4.98 Å². The van der Waals surface area contributed by atoms with Gasteiger partial charge in [0.2, 0.25) is 0 Å². The number of rotatable bonds is 2. The highest BCUT2D eigenvalue weighted by Gasteiger charge is 2.16. The van der Waals surface area contributed by atoms with Crippen molar-refractivity contribution in [1.29, 1.82) is 0 Å². The molecular weight excluding hydrogens is 214 g/mol. The number of nitrogens with zero attached hydrogens (tertiary/aromatic N) is 1. The van der Waals surface area contributed by atoms with E-state index in [1.165, 1.54) is 0 Å². The SMILES string of the molecule is Cc1cc(C)c(C(=C=O)C(=O)Cl)c(C)n1. The number of hydrogen-bond donors (Lipinski definition) is 0. The van der Waals surface area contributed by atoms with Crippen molar-refractivity contribution in [3.8, 4) is 0 Å². The Labute approximate surface area is 92.8 Å². The zero-order chi connectivity index (χ0) is 11.6. The van der Waals surface area contributed by atoms with Gasteiger partial charge in [0.15, 0.2) is 0 Å². The maximum absolute atomic E-state index is 11.0. The summed E-state index contributed by atoms with van der Waals surface area (Å²) in [7, 11) is 0. The van der Waals surface area contributed by atoms with Gasteiger partial charge in [0.05, 0.1) is 0 Å². The molecule has 0 aliphatic heterocycles. The van der Waals surface area contributed by atoms with E-state index in [9.17, 15) is 9.59 Å². The van der Waals surface area contributed by atoms with Gasteiger partial charge in [0.25, 0.3) is 5.24 Å². The minimum absolute atomic E-state index is 0.154. The number of halogens is 1. The highest BCUT2D eigenvalue weighted by molar-refractivity contribution is 6.75. The summed E-state index contributed by atoms with van der Waals surface area (Å²) in [6, 6.07) is 1.79. The molecule has 1 aromatic heterocycles. The van der Waals surface area contributed by atoms with Gasteiger partial charge >= 0.3 is 0 Å². The predicted octanol–water partition coefficient (Wildman–Crippen LogP) is 1.99. The molecule has 0 aliphatic rings. The fraction of sp³-hybridized carbons (Fsp3) is 0.273. The molecule has 0 aromatic carbocycles. The molecule has 0 bridgehead atoms. The molecule has 1 aromatic rings. The highest BCUT2D eigenvalue weighted by Crippen LogP contribution is 2.22. The normalized spacial score (nSPS) is 9.60. The lowest BCUT2D eigenvalue weighted by Crippen LogP contribution is -2.03. The van der Waals surface area contributed by atoms with Gasteiger partial charge in [0.1, 0.15) is 11.5 Å². The van der Waals surface area contributed by atoms with E-state index < -0.39 is 5.24 Å². The van der Waals surface area contributed by atoms with E-state index in [0.717, 1.165) is 11.3 Å². The molecule has 1 heterocycles. The van der Waals surface area contributed by atoms with Crippen LogP contribution < -0.4 is 0 Å². The van der Waals surface area contributed by atoms with Crippen molar-refractivity contribution in [3.05, 3.63) is 28.6 Å². The Balaban J connectivity index is 3.50. The Morgan fingerprint density at radius 1 is 1.40 bits per heavy atom. The highest BCUT2D eigenvalue weighted by atomic mass is 35.5. The van der Waals surface area contributed by atoms with Gasteiger partial charge < -0.3 is 0 Å². The minimum atomic E-state index is -0.804. The summed E-state index contributed by atoms with van der Waals surface area (Å²) in [4.78, 5) is 25.8. The van der Waals surface area contributed by atoms with E-state index in [1.807, 2.05) is 6.92 Å². The van der Waals surface area contributed by atoms with Crippen LogP contribution in [-0.2, 0) is 9.59 Å². The summed E-state index contributed by atoms with van der Waals surface area (Å²) in [5, 5.41) is -0.804. The van der Waals surface area contributed by atoms with Crippen LogP contribution in [0.1, 0.15) is 22.5 Å². The van der Waals surface area contributed by atoms with Crippen molar-refractivity contribution < 1.29 is 9.59 Å². The second-order valence-corrected chi connectivity index (χ2v) is 3.63. The molecule has 0 aliphatic carbocycles. The molecule has 0 spiro atoms. The summed E-state index contributed by atoms with van der Waals surface area (Å²) >= 11 is 5.30. The van der Waals surface area contributed by atoms with Crippen LogP contribution in [0.15, 0.2) is 6.07 Å². The van der Waals surface area contributed by atoms with E-state index >= 15 is 0 Å². The summed E-state index contributed by atoms with van der Waals surface area (Å²) in [5.74, 6) is 1.56. The lowest BCUT2D eigenvalue weighted by atomic mass is 10.0. The molecule has 0 amide bonds. The van der Waals surface area contributed by atoms with Gasteiger partial charge in [-0.25, -0.2) is 4.79 Å². The van der Waals surface area contributed by atoms with Crippen LogP contribution in [-0.4, -0.2) is 16.2 Å². The van der Waals surface area contributed by atoms with Crippen LogP contribution >= 0.6 is 11.6 Å². The van der Waals surface area contributed by atoms with Gasteiger partial charge in [-0.3, -0.25) is 9.78 Å². The number of aryl methyl sites for hydroxylation is 3. The average molecular weight is 224 g/mol. The zero-order valence-corrected chi connectivity index (χ0v) is 9.47. The Bertz CT molecular complexity index is 450. The smallest absolute Gasteiger partial charge is 0.264 e. The number of carbonyl (C=O) groups excluding carboxylic acids is 2. The lowest BCUT2D eigenvalue weighted by molar-refractivity contribution is -0.106. The summed E-state index contributed by atoms with van der Waals surface area (Å²) in [6.07, 6.45) is 0. The van der Waals surface area contributed by atoms with E-state index in [0.29, 0.717) is 11.3 Å². The summed E-state index contributed by atoms with van der Waals surface area (Å²) in [5.41, 5.74) is 2.57. The van der Waals surface area contributed by atoms with Crippen molar-refractivity contribution >= 4 is 28.4 Å². The lowest BCUT2D eigenvalue weighted by Gasteiger charge is -2.08. The van der Waals surface area contributed by atoms with Gasteiger partial charge in [0, 0.05) is 17.0 Å². The average Bonchev–Trinajstić information content (AvgIpc) is 2.09. The molecule has 1 rings (SSSR count).